The van der Waals surface area contributed by atoms with E-state index in [1.54, 1.807) is 6.33 Å². The van der Waals surface area contributed by atoms with Crippen molar-refractivity contribution in [1.29, 1.82) is 0 Å². The zero-order valence-electron chi connectivity index (χ0n) is 28.6. The molecule has 250 valence electrons. The standard InChI is InChI=1S/C47H29N3OS2/c1-2-11-38-43(42-25-29-12-3-7-20-40(29)52-42)35-16-4-6-19-37(35)50(38)31-22-23-39-36(26-31)45-46(51-39)44(48-27-49-45)30-14-9-13-28(24-30)32-17-10-18-34-33-15-5-8-21-41(33)53-47(32)34/h2-27H,1H3/b11-2-. The molecule has 0 unspecified atom stereocenters. The lowest BCUT2D eigenvalue weighted by Gasteiger charge is -2.10. The first-order valence-electron chi connectivity index (χ1n) is 17.7. The highest BCUT2D eigenvalue weighted by atomic mass is 32.1. The van der Waals surface area contributed by atoms with Crippen molar-refractivity contribution in [2.24, 2.45) is 0 Å². The van der Waals surface area contributed by atoms with Crippen molar-refractivity contribution in [3.63, 3.8) is 0 Å². The van der Waals surface area contributed by atoms with Gasteiger partial charge in [-0.3, -0.25) is 0 Å². The summed E-state index contributed by atoms with van der Waals surface area (Å²) in [6.45, 7) is 2.08. The number of aromatic nitrogens is 3. The zero-order chi connectivity index (χ0) is 35.0. The largest absolute Gasteiger partial charge is 0.452 e. The van der Waals surface area contributed by atoms with E-state index in [1.165, 1.54) is 51.6 Å². The van der Waals surface area contributed by atoms with Gasteiger partial charge in [-0.15, -0.1) is 22.7 Å². The molecule has 0 aliphatic heterocycles. The minimum absolute atomic E-state index is 0.689. The Balaban J connectivity index is 1.07. The van der Waals surface area contributed by atoms with Gasteiger partial charge in [0.2, 0.25) is 0 Å². The van der Waals surface area contributed by atoms with Gasteiger partial charge in [0.25, 0.3) is 0 Å². The Morgan fingerprint density at radius 3 is 2.34 bits per heavy atom. The smallest absolute Gasteiger partial charge is 0.180 e. The van der Waals surface area contributed by atoms with Crippen LogP contribution in [0.5, 0.6) is 0 Å². The SMILES string of the molecule is C/C=C\c1c(-c2cc3ccccc3s2)c2ccccc2n1-c1ccc2oc3c(-c4cccc(-c5cccc6c5sc5ccccc56)c4)ncnc3c2c1. The summed E-state index contributed by atoms with van der Waals surface area (Å²) in [5.74, 6) is 0. The van der Waals surface area contributed by atoms with Crippen LogP contribution in [0.3, 0.4) is 0 Å². The molecule has 11 aromatic rings. The van der Waals surface area contributed by atoms with Gasteiger partial charge in [0.05, 0.1) is 11.2 Å². The second kappa shape index (κ2) is 11.9. The highest BCUT2D eigenvalue weighted by Gasteiger charge is 2.22. The van der Waals surface area contributed by atoms with Gasteiger partial charge in [-0.1, -0.05) is 97.1 Å². The first-order valence-corrected chi connectivity index (χ1v) is 19.3. The summed E-state index contributed by atoms with van der Waals surface area (Å²) in [6.07, 6.45) is 6.01. The van der Waals surface area contributed by atoms with Crippen molar-refractivity contribution in [1.82, 2.24) is 14.5 Å². The molecule has 0 spiro atoms. The van der Waals surface area contributed by atoms with Crippen molar-refractivity contribution in [3.05, 3.63) is 158 Å². The molecule has 0 aliphatic rings. The second-order valence-electron chi connectivity index (χ2n) is 13.3. The molecule has 0 aliphatic carbocycles. The quantitative estimate of drug-likeness (QED) is 0.178. The van der Waals surface area contributed by atoms with Crippen LogP contribution in [0.1, 0.15) is 12.6 Å². The van der Waals surface area contributed by atoms with Gasteiger partial charge < -0.3 is 8.98 Å². The van der Waals surface area contributed by atoms with Crippen molar-refractivity contribution in [2.75, 3.05) is 0 Å². The molecule has 0 atom stereocenters. The van der Waals surface area contributed by atoms with E-state index in [0.717, 1.165) is 50.2 Å². The van der Waals surface area contributed by atoms with Gasteiger partial charge >= 0.3 is 0 Å². The van der Waals surface area contributed by atoms with Gasteiger partial charge in [0.1, 0.15) is 23.1 Å². The molecule has 0 saturated carbocycles. The Bertz CT molecular complexity index is 3230. The molecule has 53 heavy (non-hydrogen) atoms. The summed E-state index contributed by atoms with van der Waals surface area (Å²) in [5, 5.41) is 6.03. The number of furan rings is 1. The normalized spacial score (nSPS) is 12.2. The molecule has 0 radical (unpaired) electrons. The molecule has 6 heteroatoms. The second-order valence-corrected chi connectivity index (χ2v) is 15.4. The van der Waals surface area contributed by atoms with Gasteiger partial charge in [-0.25, -0.2) is 9.97 Å². The third-order valence-electron chi connectivity index (χ3n) is 10.3. The van der Waals surface area contributed by atoms with Crippen molar-refractivity contribution in [3.8, 4) is 38.5 Å². The third kappa shape index (κ3) is 4.66. The van der Waals surface area contributed by atoms with E-state index in [4.69, 9.17) is 14.4 Å². The molecule has 0 bridgehead atoms. The maximum atomic E-state index is 6.61. The van der Waals surface area contributed by atoms with E-state index in [0.29, 0.717) is 5.58 Å². The van der Waals surface area contributed by atoms with E-state index in [9.17, 15) is 0 Å². The number of nitrogens with zero attached hydrogens (tertiary/aromatic N) is 3. The monoisotopic (exact) mass is 715 g/mol. The van der Waals surface area contributed by atoms with Crippen LogP contribution in [0, 0.1) is 0 Å². The molecular formula is C47H29N3OS2. The number of allylic oxidation sites excluding steroid dienone is 1. The van der Waals surface area contributed by atoms with Crippen LogP contribution >= 0.6 is 22.7 Å². The minimum atomic E-state index is 0.689. The predicted octanol–water partition coefficient (Wildman–Crippen LogP) is 13.9. The van der Waals surface area contributed by atoms with Crippen LogP contribution in [0.25, 0.3) is 108 Å². The number of hydrogen-bond acceptors (Lipinski definition) is 5. The fraction of sp³-hybridized carbons (Fsp3) is 0.0213. The fourth-order valence-electron chi connectivity index (χ4n) is 7.94. The van der Waals surface area contributed by atoms with Crippen molar-refractivity contribution in [2.45, 2.75) is 6.92 Å². The predicted molar refractivity (Wildman–Crippen MR) is 225 cm³/mol. The highest BCUT2D eigenvalue weighted by molar-refractivity contribution is 7.26. The van der Waals surface area contributed by atoms with E-state index in [1.807, 2.05) is 22.7 Å². The average molecular weight is 716 g/mol. The summed E-state index contributed by atoms with van der Waals surface area (Å²) < 4.78 is 12.9. The zero-order valence-corrected chi connectivity index (χ0v) is 30.2. The van der Waals surface area contributed by atoms with Gasteiger partial charge in [0.15, 0.2) is 5.58 Å². The average Bonchev–Trinajstić information content (AvgIpc) is 3.98. The third-order valence-corrected chi connectivity index (χ3v) is 12.6. The fourth-order valence-corrected chi connectivity index (χ4v) is 10.3. The molecule has 6 aromatic carbocycles. The summed E-state index contributed by atoms with van der Waals surface area (Å²) in [7, 11) is 0. The topological polar surface area (TPSA) is 43.9 Å². The van der Waals surface area contributed by atoms with Gasteiger partial charge in [0, 0.05) is 57.3 Å². The Morgan fingerprint density at radius 1 is 0.642 bits per heavy atom. The summed E-state index contributed by atoms with van der Waals surface area (Å²) >= 11 is 3.69. The Hall–Kier alpha value is -6.34. The summed E-state index contributed by atoms with van der Waals surface area (Å²) in [6, 6.07) is 49.9. The van der Waals surface area contributed by atoms with Crippen LogP contribution in [-0.4, -0.2) is 14.5 Å². The molecule has 5 heterocycles. The molecule has 0 amide bonds. The number of hydrogen-bond donors (Lipinski definition) is 0. The molecule has 4 nitrogen and oxygen atoms in total. The van der Waals surface area contributed by atoms with Crippen LogP contribution in [0.2, 0.25) is 0 Å². The molecule has 5 aromatic heterocycles. The van der Waals surface area contributed by atoms with Crippen LogP contribution in [-0.2, 0) is 0 Å². The molecular weight excluding hydrogens is 687 g/mol. The lowest BCUT2D eigenvalue weighted by atomic mass is 9.99. The highest BCUT2D eigenvalue weighted by Crippen LogP contribution is 2.44. The van der Waals surface area contributed by atoms with E-state index >= 15 is 0 Å². The number of para-hydroxylation sites is 1. The van der Waals surface area contributed by atoms with E-state index in [-0.39, 0.29) is 0 Å². The summed E-state index contributed by atoms with van der Waals surface area (Å²) in [4.78, 5) is 10.9. The number of fused-ring (bicyclic) bond motifs is 8. The first kappa shape index (κ1) is 30.3. The summed E-state index contributed by atoms with van der Waals surface area (Å²) in [5.41, 5.74) is 11.0. The maximum Gasteiger partial charge on any atom is 0.180 e. The van der Waals surface area contributed by atoms with Crippen LogP contribution < -0.4 is 0 Å². The minimum Gasteiger partial charge on any atom is -0.452 e. The van der Waals surface area contributed by atoms with Crippen molar-refractivity contribution < 1.29 is 4.42 Å². The van der Waals surface area contributed by atoms with Gasteiger partial charge in [-0.2, -0.15) is 0 Å². The Kier molecular flexibility index (Phi) is 6.78. The molecule has 0 saturated heterocycles. The molecule has 0 N–H and O–H groups in total. The van der Waals surface area contributed by atoms with Crippen molar-refractivity contribution >= 4 is 92.0 Å². The number of rotatable bonds is 5. The number of benzene rings is 6. The molecule has 0 fully saturated rings. The lowest BCUT2D eigenvalue weighted by Crippen LogP contribution is -1.97. The first-order chi connectivity index (χ1) is 26.2. The maximum absolute atomic E-state index is 6.61. The van der Waals surface area contributed by atoms with Crippen LogP contribution in [0.15, 0.2) is 156 Å². The van der Waals surface area contributed by atoms with E-state index < -0.39 is 0 Å². The lowest BCUT2D eigenvalue weighted by molar-refractivity contribution is 0.667. The number of thiophene rings is 2. The Morgan fingerprint density at radius 2 is 1.43 bits per heavy atom. The van der Waals surface area contributed by atoms with E-state index in [2.05, 4.69) is 163 Å². The van der Waals surface area contributed by atoms with Crippen LogP contribution in [0.4, 0.5) is 0 Å². The molecule has 11 rings (SSSR count). The van der Waals surface area contributed by atoms with Gasteiger partial charge in [-0.05, 0) is 78.0 Å². The Labute approximate surface area is 312 Å².